The summed E-state index contributed by atoms with van der Waals surface area (Å²) >= 11 is 0. The van der Waals surface area contributed by atoms with Crippen molar-refractivity contribution in [3.05, 3.63) is 23.3 Å². The molecule has 94 valence electrons. The van der Waals surface area contributed by atoms with Crippen LogP contribution in [-0.2, 0) is 9.59 Å². The molecule has 0 bridgehead atoms. The minimum absolute atomic E-state index is 0.129. The third kappa shape index (κ3) is 2.72. The van der Waals surface area contributed by atoms with Gasteiger partial charge in [-0.15, -0.1) is 0 Å². The van der Waals surface area contributed by atoms with E-state index in [0.717, 1.165) is 0 Å². The lowest BCUT2D eigenvalue weighted by Gasteiger charge is -2.31. The Morgan fingerprint density at radius 3 is 1.88 bits per heavy atom. The predicted molar refractivity (Wildman–Crippen MR) is 66.5 cm³/mol. The van der Waals surface area contributed by atoms with Gasteiger partial charge < -0.3 is 5.11 Å². The van der Waals surface area contributed by atoms with Gasteiger partial charge in [-0.2, -0.15) is 0 Å². The van der Waals surface area contributed by atoms with Gasteiger partial charge in [0.15, 0.2) is 11.6 Å². The highest BCUT2D eigenvalue weighted by Gasteiger charge is 2.36. The smallest absolute Gasteiger partial charge is 0.186 e. The van der Waals surface area contributed by atoms with Crippen molar-refractivity contribution < 1.29 is 14.7 Å². The summed E-state index contributed by atoms with van der Waals surface area (Å²) in [6.07, 6.45) is 2.74. The molecule has 0 heterocycles. The molecular formula is C14H20O3. The summed E-state index contributed by atoms with van der Waals surface area (Å²) in [4.78, 5) is 24.0. The first-order valence-corrected chi connectivity index (χ1v) is 5.73. The van der Waals surface area contributed by atoms with Crippen molar-refractivity contribution in [2.75, 3.05) is 6.61 Å². The van der Waals surface area contributed by atoms with Crippen molar-refractivity contribution in [1.82, 2.24) is 0 Å². The molecule has 0 aromatic rings. The van der Waals surface area contributed by atoms with Crippen molar-refractivity contribution in [1.29, 1.82) is 0 Å². The molecule has 1 aliphatic carbocycles. The first-order chi connectivity index (χ1) is 7.59. The zero-order chi connectivity index (χ0) is 13.4. The van der Waals surface area contributed by atoms with Crippen molar-refractivity contribution in [3.63, 3.8) is 0 Å². The Kier molecular flexibility index (Phi) is 3.44. The quantitative estimate of drug-likeness (QED) is 0.747. The minimum Gasteiger partial charge on any atom is -0.395 e. The van der Waals surface area contributed by atoms with Crippen LogP contribution in [0.2, 0.25) is 0 Å². The summed E-state index contributed by atoms with van der Waals surface area (Å²) in [5.74, 6) is -0.304. The zero-order valence-electron chi connectivity index (χ0n) is 11.1. The number of allylic oxidation sites excluding steroid dienone is 3. The van der Waals surface area contributed by atoms with E-state index >= 15 is 0 Å². The van der Waals surface area contributed by atoms with Crippen molar-refractivity contribution in [2.45, 2.75) is 34.6 Å². The van der Waals surface area contributed by atoms with Gasteiger partial charge in [-0.3, -0.25) is 9.59 Å². The fraction of sp³-hybridized carbons (Fsp3) is 0.571. The molecule has 0 aromatic heterocycles. The number of hydrogen-bond acceptors (Lipinski definition) is 3. The lowest BCUT2D eigenvalue weighted by molar-refractivity contribution is -0.117. The Morgan fingerprint density at radius 2 is 1.47 bits per heavy atom. The third-order valence-electron chi connectivity index (χ3n) is 2.99. The Labute approximate surface area is 102 Å². The Morgan fingerprint density at radius 1 is 1.00 bits per heavy atom. The van der Waals surface area contributed by atoms with Crippen LogP contribution in [0.3, 0.4) is 0 Å². The van der Waals surface area contributed by atoms with Crippen LogP contribution in [0.15, 0.2) is 23.3 Å². The van der Waals surface area contributed by atoms with E-state index < -0.39 is 5.41 Å². The lowest BCUT2D eigenvalue weighted by atomic mass is 9.72. The van der Waals surface area contributed by atoms with Gasteiger partial charge in [0.05, 0.1) is 6.61 Å². The molecule has 0 spiro atoms. The number of carbonyl (C=O) groups is 2. The molecule has 1 N–H and O–H groups in total. The van der Waals surface area contributed by atoms with E-state index in [1.54, 1.807) is 13.8 Å². The van der Waals surface area contributed by atoms with Crippen molar-refractivity contribution in [3.8, 4) is 0 Å². The van der Waals surface area contributed by atoms with Gasteiger partial charge in [0.25, 0.3) is 0 Å². The van der Waals surface area contributed by atoms with E-state index in [0.29, 0.717) is 11.1 Å². The number of aliphatic hydroxyl groups is 1. The number of carbonyl (C=O) groups excluding carboxylic acids is 2. The van der Waals surface area contributed by atoms with Crippen LogP contribution in [0.1, 0.15) is 34.6 Å². The second-order valence-electron chi connectivity index (χ2n) is 6.14. The van der Waals surface area contributed by atoms with E-state index in [9.17, 15) is 14.7 Å². The molecule has 0 unspecified atom stereocenters. The van der Waals surface area contributed by atoms with Crippen LogP contribution in [-0.4, -0.2) is 23.3 Å². The number of hydrogen-bond donors (Lipinski definition) is 1. The topological polar surface area (TPSA) is 54.4 Å². The first-order valence-electron chi connectivity index (χ1n) is 5.73. The van der Waals surface area contributed by atoms with E-state index in [1.165, 1.54) is 12.2 Å². The molecule has 1 aliphatic rings. The molecule has 0 radical (unpaired) electrons. The van der Waals surface area contributed by atoms with Gasteiger partial charge in [0.2, 0.25) is 0 Å². The molecule has 0 fully saturated rings. The number of rotatable bonds is 2. The number of aliphatic hydroxyl groups excluding tert-OH is 1. The van der Waals surface area contributed by atoms with Gasteiger partial charge in [-0.1, -0.05) is 34.6 Å². The second-order valence-corrected chi connectivity index (χ2v) is 6.14. The molecule has 0 saturated heterocycles. The van der Waals surface area contributed by atoms with E-state index in [1.807, 2.05) is 20.8 Å². The van der Waals surface area contributed by atoms with Crippen LogP contribution >= 0.6 is 0 Å². The van der Waals surface area contributed by atoms with Gasteiger partial charge in [0, 0.05) is 16.6 Å². The second kappa shape index (κ2) is 4.22. The fourth-order valence-corrected chi connectivity index (χ4v) is 1.75. The van der Waals surface area contributed by atoms with Crippen LogP contribution < -0.4 is 0 Å². The van der Waals surface area contributed by atoms with Crippen molar-refractivity contribution in [2.24, 2.45) is 10.8 Å². The molecule has 3 heteroatoms. The molecule has 17 heavy (non-hydrogen) atoms. The largest absolute Gasteiger partial charge is 0.395 e. The van der Waals surface area contributed by atoms with Gasteiger partial charge in [-0.25, -0.2) is 0 Å². The maximum absolute atomic E-state index is 12.3. The van der Waals surface area contributed by atoms with Gasteiger partial charge >= 0.3 is 0 Å². The minimum atomic E-state index is -0.683. The van der Waals surface area contributed by atoms with Crippen LogP contribution in [0.5, 0.6) is 0 Å². The molecule has 0 atom stereocenters. The number of Topliss-reactive ketones (excluding diaryl/α,β-unsaturated/α-hetero) is 1. The fourth-order valence-electron chi connectivity index (χ4n) is 1.75. The van der Waals surface area contributed by atoms with Gasteiger partial charge in [-0.05, 0) is 17.6 Å². The molecule has 0 aliphatic heterocycles. The van der Waals surface area contributed by atoms with Gasteiger partial charge in [0.1, 0.15) is 0 Å². The Bertz CT molecular complexity index is 417. The molecule has 1 rings (SSSR count). The maximum Gasteiger partial charge on any atom is 0.186 e. The number of ketones is 2. The highest BCUT2D eigenvalue weighted by molar-refractivity contribution is 6.21. The van der Waals surface area contributed by atoms with Crippen LogP contribution in [0.25, 0.3) is 0 Å². The Balaban J connectivity index is 3.24. The summed E-state index contributed by atoms with van der Waals surface area (Å²) in [7, 11) is 0. The molecule has 0 aromatic carbocycles. The average Bonchev–Trinajstić information content (AvgIpc) is 2.19. The van der Waals surface area contributed by atoms with E-state index in [2.05, 4.69) is 0 Å². The lowest BCUT2D eigenvalue weighted by Crippen LogP contribution is -2.32. The summed E-state index contributed by atoms with van der Waals surface area (Å²) in [6, 6.07) is 0. The molecular weight excluding hydrogens is 216 g/mol. The van der Waals surface area contributed by atoms with E-state index in [-0.39, 0.29) is 23.6 Å². The SMILES string of the molecule is CC(C)(C)C1=CC(=O)C=C(C(C)(C)CO)C1=O. The highest BCUT2D eigenvalue weighted by Crippen LogP contribution is 2.36. The van der Waals surface area contributed by atoms with Crippen molar-refractivity contribution >= 4 is 11.6 Å². The standard InChI is InChI=1S/C14H20O3/c1-13(2,3)10-6-9(16)7-11(12(10)17)14(4,5)8-15/h6-7,15H,8H2,1-5H3. The summed E-state index contributed by atoms with van der Waals surface area (Å²) in [5.41, 5.74) is -0.131. The molecule has 0 amide bonds. The predicted octanol–water partition coefficient (Wildman–Crippen LogP) is 2.06. The maximum atomic E-state index is 12.3. The van der Waals surface area contributed by atoms with Crippen LogP contribution in [0.4, 0.5) is 0 Å². The average molecular weight is 236 g/mol. The highest BCUT2D eigenvalue weighted by atomic mass is 16.3. The zero-order valence-corrected chi connectivity index (χ0v) is 11.1. The third-order valence-corrected chi connectivity index (χ3v) is 2.99. The Hall–Kier alpha value is -1.22. The summed E-state index contributed by atoms with van der Waals surface area (Å²) in [5, 5.41) is 9.32. The molecule has 0 saturated carbocycles. The van der Waals surface area contributed by atoms with E-state index in [4.69, 9.17) is 0 Å². The molecule has 3 nitrogen and oxygen atoms in total. The first kappa shape index (κ1) is 13.8. The normalized spacial score (nSPS) is 18.0. The summed E-state index contributed by atoms with van der Waals surface area (Å²) < 4.78 is 0. The monoisotopic (exact) mass is 236 g/mol. The van der Waals surface area contributed by atoms with Crippen LogP contribution in [0, 0.1) is 10.8 Å². The summed E-state index contributed by atoms with van der Waals surface area (Å²) in [6.45, 7) is 9.07.